The Morgan fingerprint density at radius 2 is 1.73 bits per heavy atom. The third-order valence-corrected chi connectivity index (χ3v) is 7.36. The molecule has 1 aliphatic rings. The van der Waals surface area contributed by atoms with Crippen molar-refractivity contribution in [3.8, 4) is 17.4 Å². The zero-order valence-corrected chi connectivity index (χ0v) is 17.3. The monoisotopic (exact) mass is 458 g/mol. The Bertz CT molecular complexity index is 1590. The summed E-state index contributed by atoms with van der Waals surface area (Å²) in [7, 11) is -3.89. The second kappa shape index (κ2) is 6.66. The van der Waals surface area contributed by atoms with E-state index in [0.29, 0.717) is 32.2 Å². The lowest BCUT2D eigenvalue weighted by molar-refractivity contribution is 0.406. The molecular formula is C19H11ClN4O4S2. The van der Waals surface area contributed by atoms with Crippen molar-refractivity contribution in [3.63, 3.8) is 0 Å². The molecular weight excluding hydrogens is 448 g/mol. The van der Waals surface area contributed by atoms with Crippen molar-refractivity contribution < 1.29 is 18.6 Å². The van der Waals surface area contributed by atoms with Crippen molar-refractivity contribution in [1.29, 1.82) is 0 Å². The first-order valence-electron chi connectivity index (χ1n) is 8.52. The normalized spacial score (nSPS) is 14.6. The van der Waals surface area contributed by atoms with Gasteiger partial charge in [0.1, 0.15) is 4.21 Å². The topological polar surface area (TPSA) is 117 Å². The van der Waals surface area contributed by atoms with E-state index in [1.54, 1.807) is 47.8 Å². The molecule has 4 aromatic rings. The number of nitrogens with zero attached hydrogens (tertiary/aromatic N) is 4. The smallest absolute Gasteiger partial charge is 0.295 e. The van der Waals surface area contributed by atoms with Crippen LogP contribution in [0.3, 0.4) is 0 Å². The van der Waals surface area contributed by atoms with Crippen LogP contribution < -0.4 is 10.7 Å². The number of hydrogen-bond donors (Lipinski definition) is 2. The summed E-state index contributed by atoms with van der Waals surface area (Å²) in [5, 5.41) is 24.9. The van der Waals surface area contributed by atoms with Crippen LogP contribution in [-0.4, -0.2) is 29.2 Å². The predicted molar refractivity (Wildman–Crippen MR) is 113 cm³/mol. The zero-order chi connectivity index (χ0) is 21.0. The molecule has 2 aromatic carbocycles. The first kappa shape index (κ1) is 18.8. The number of benzene rings is 2. The summed E-state index contributed by atoms with van der Waals surface area (Å²) in [4.78, 5) is 8.31. The summed E-state index contributed by atoms with van der Waals surface area (Å²) in [6, 6.07) is 12.6. The Morgan fingerprint density at radius 1 is 0.967 bits per heavy atom. The summed E-state index contributed by atoms with van der Waals surface area (Å²) in [5.41, 5.74) is 0.414. The minimum atomic E-state index is -3.89. The highest BCUT2D eigenvalue weighted by Crippen LogP contribution is 2.39. The molecule has 1 aliphatic heterocycles. The van der Waals surface area contributed by atoms with Crippen LogP contribution in [0.1, 0.15) is 0 Å². The summed E-state index contributed by atoms with van der Waals surface area (Å²) in [5.74, 6) is -0.536. The average Bonchev–Trinajstić information content (AvgIpc) is 3.41. The molecule has 0 amide bonds. The molecule has 150 valence electrons. The molecule has 0 spiro atoms. The van der Waals surface area contributed by atoms with E-state index in [9.17, 15) is 18.6 Å². The maximum Gasteiger partial charge on any atom is 0.295 e. The molecule has 0 bridgehead atoms. The Morgan fingerprint density at radius 3 is 2.50 bits per heavy atom. The van der Waals surface area contributed by atoms with Gasteiger partial charge in [0.25, 0.3) is 16.0 Å². The first-order valence-corrected chi connectivity index (χ1v) is 11.2. The van der Waals surface area contributed by atoms with E-state index in [1.807, 2.05) is 0 Å². The number of aromatic hydroxyl groups is 2. The van der Waals surface area contributed by atoms with Crippen LogP contribution in [-0.2, 0) is 10.0 Å². The van der Waals surface area contributed by atoms with Crippen LogP contribution in [0.4, 0.5) is 0 Å². The fraction of sp³-hybridized carbons (Fsp3) is 0. The number of guanidine groups is 1. The summed E-state index contributed by atoms with van der Waals surface area (Å²) >= 11 is 7.05. The molecule has 0 fully saturated rings. The van der Waals surface area contributed by atoms with Crippen molar-refractivity contribution in [2.45, 2.75) is 4.21 Å². The lowest BCUT2D eigenvalue weighted by Crippen LogP contribution is -2.21. The van der Waals surface area contributed by atoms with Gasteiger partial charge in [-0.15, -0.1) is 15.7 Å². The second-order valence-electron chi connectivity index (χ2n) is 6.37. The van der Waals surface area contributed by atoms with Gasteiger partial charge in [-0.25, -0.2) is 9.98 Å². The largest absolute Gasteiger partial charge is 0.494 e. The number of halogens is 1. The Hall–Kier alpha value is -3.21. The number of sulfonamides is 1. The molecule has 0 unspecified atom stereocenters. The van der Waals surface area contributed by atoms with Crippen molar-refractivity contribution in [2.24, 2.45) is 14.4 Å². The van der Waals surface area contributed by atoms with Crippen LogP contribution >= 0.6 is 22.9 Å². The molecule has 0 aliphatic carbocycles. The van der Waals surface area contributed by atoms with Gasteiger partial charge in [-0.1, -0.05) is 17.7 Å². The van der Waals surface area contributed by atoms with E-state index in [-0.39, 0.29) is 21.9 Å². The van der Waals surface area contributed by atoms with E-state index in [2.05, 4.69) is 14.4 Å². The van der Waals surface area contributed by atoms with Crippen LogP contribution in [0.2, 0.25) is 5.02 Å². The van der Waals surface area contributed by atoms with Crippen LogP contribution in [0, 0.1) is 0 Å². The van der Waals surface area contributed by atoms with Crippen molar-refractivity contribution in [3.05, 3.63) is 69.6 Å². The van der Waals surface area contributed by atoms with Gasteiger partial charge in [0.05, 0.1) is 16.4 Å². The molecule has 2 N–H and O–H groups in total. The molecule has 11 heteroatoms. The summed E-state index contributed by atoms with van der Waals surface area (Å²) in [6.45, 7) is 0. The number of rotatable bonds is 3. The quantitative estimate of drug-likeness (QED) is 0.491. The minimum absolute atomic E-state index is 0.101. The molecule has 30 heavy (non-hydrogen) atoms. The van der Waals surface area contributed by atoms with Gasteiger partial charge in [-0.05, 0) is 47.8 Å². The number of fused-ring (bicyclic) bond motifs is 2. The molecule has 0 saturated carbocycles. The molecule has 5 rings (SSSR count). The summed E-state index contributed by atoms with van der Waals surface area (Å²) < 4.78 is 29.7. The van der Waals surface area contributed by atoms with Crippen LogP contribution in [0.15, 0.2) is 72.5 Å². The van der Waals surface area contributed by atoms with Gasteiger partial charge in [0, 0.05) is 15.8 Å². The lowest BCUT2D eigenvalue weighted by Gasteiger charge is -2.05. The van der Waals surface area contributed by atoms with E-state index in [4.69, 9.17) is 11.6 Å². The molecule has 0 atom stereocenters. The van der Waals surface area contributed by atoms with Gasteiger partial charge in [0.2, 0.25) is 11.8 Å². The fourth-order valence-corrected chi connectivity index (χ4v) is 5.18. The standard InChI is InChI=1S/C19H11ClN4O4S2/c20-10-3-5-12-13(8-10)18(26)24(17(12)25)11-4-6-14-15(9-11)22-19(21-14)23-30(27,28)16-2-1-7-29-16/h1-9,25-26H. The average molecular weight is 459 g/mol. The Labute approximate surface area is 178 Å². The highest BCUT2D eigenvalue weighted by atomic mass is 35.5. The highest BCUT2D eigenvalue weighted by Gasteiger charge is 2.19. The maximum absolute atomic E-state index is 12.3. The zero-order valence-electron chi connectivity index (χ0n) is 14.9. The van der Waals surface area contributed by atoms with E-state index in [0.717, 1.165) is 11.3 Å². The second-order valence-corrected chi connectivity index (χ2v) is 9.58. The molecule has 0 saturated heterocycles. The number of hydrogen-bond acceptors (Lipinski definition) is 5. The van der Waals surface area contributed by atoms with Crippen molar-refractivity contribution in [1.82, 2.24) is 4.57 Å². The van der Waals surface area contributed by atoms with Crippen molar-refractivity contribution in [2.75, 3.05) is 0 Å². The molecule has 0 radical (unpaired) electrons. The minimum Gasteiger partial charge on any atom is -0.494 e. The van der Waals surface area contributed by atoms with Crippen LogP contribution in [0.25, 0.3) is 16.5 Å². The van der Waals surface area contributed by atoms with E-state index >= 15 is 0 Å². The van der Waals surface area contributed by atoms with Gasteiger partial charge in [0.15, 0.2) is 0 Å². The van der Waals surface area contributed by atoms with Gasteiger partial charge >= 0.3 is 0 Å². The molecule has 8 nitrogen and oxygen atoms in total. The number of thiophene rings is 1. The predicted octanol–water partition coefficient (Wildman–Crippen LogP) is 2.75. The highest BCUT2D eigenvalue weighted by molar-refractivity contribution is 7.92. The third-order valence-electron chi connectivity index (χ3n) is 4.50. The van der Waals surface area contributed by atoms with Gasteiger partial charge < -0.3 is 10.2 Å². The Balaban J connectivity index is 1.63. The molecule has 3 heterocycles. The van der Waals surface area contributed by atoms with E-state index in [1.165, 1.54) is 10.6 Å². The lowest BCUT2D eigenvalue weighted by atomic mass is 10.2. The van der Waals surface area contributed by atoms with Crippen LogP contribution in [0.5, 0.6) is 11.8 Å². The Kier molecular flexibility index (Phi) is 4.17. The first-order chi connectivity index (χ1) is 14.3. The third kappa shape index (κ3) is 2.96. The van der Waals surface area contributed by atoms with Gasteiger partial charge in [-0.2, -0.15) is 8.42 Å². The summed E-state index contributed by atoms with van der Waals surface area (Å²) in [6.07, 6.45) is 0. The fourth-order valence-electron chi connectivity index (χ4n) is 3.16. The maximum atomic E-state index is 12.3. The number of aromatic nitrogens is 1. The van der Waals surface area contributed by atoms with E-state index < -0.39 is 10.0 Å². The SMILES string of the molecule is O=S(=O)(N=C1N=c2ccc(-n3c(O)c4ccc(Cl)cc4c3O)cc2=N1)c1cccs1. The molecule has 2 aromatic heterocycles. The van der Waals surface area contributed by atoms with Gasteiger partial charge in [-0.3, -0.25) is 4.57 Å². The van der Waals surface area contributed by atoms with Crippen molar-refractivity contribution >= 4 is 49.7 Å².